The molecule has 0 spiro atoms. The third-order valence-electron chi connectivity index (χ3n) is 0. The van der Waals surface area contributed by atoms with Gasteiger partial charge < -0.3 is 0 Å². The molecule has 0 aromatic carbocycles. The van der Waals surface area contributed by atoms with Gasteiger partial charge in [0.1, 0.15) is 0 Å². The van der Waals surface area contributed by atoms with Gasteiger partial charge in [-0.2, -0.15) is 0 Å². The van der Waals surface area contributed by atoms with Crippen molar-refractivity contribution < 1.29 is 1870 Å². The fraction of sp³-hybridized carbons (Fsp3) is 0. The van der Waals surface area contributed by atoms with Gasteiger partial charge in [-0.1, -0.05) is 0 Å². The molecule has 0 fully saturated rings. The first-order chi connectivity index (χ1) is 0. The predicted octanol–water partition coefficient (Wildman–Crippen LogP) is -286. The molecule has 0 saturated heterocycles. The summed E-state index contributed by atoms with van der Waals surface area (Å²) < 4.78 is 0. The third kappa shape index (κ3) is 1500. The molecule has 0 aliphatic rings. The van der Waals surface area contributed by atoms with Crippen molar-refractivity contribution in [1.82, 2.24) is 0 Å². The van der Waals surface area contributed by atoms with Gasteiger partial charge in [-0.3, -0.25) is 0 Å². The topological polar surface area (TPSA) is 0 Å². The van der Waals surface area contributed by atoms with Crippen LogP contribution in [0.3, 0.4) is 0 Å². The molecule has 0 aromatic heterocycles. The standard InChI is InChI=1S/25ClH.99Li/h25*1H;;;;;;;;;;;;;;;;;;;;;;;;;;;;;;;;;;;;;;;;;;;;;;;;;;;;;;;;;;;;;;;;;;;;;;;;;;;;;;;;;;;;;;;;;;;;;;;;;;;/q;;;;;;;;;;;;;;;;;;;;;;;;;99*+1. The molecular formula is H25Cl25Li99+99. The minimum Gasteiger partial charge on any atom is -0.147 e. The van der Waals surface area contributed by atoms with Crippen molar-refractivity contribution in [3.05, 3.63) is 0 Å². The van der Waals surface area contributed by atoms with Crippen LogP contribution in [0.1, 0.15) is 0 Å². The van der Waals surface area contributed by atoms with Gasteiger partial charge in [-0.15, -0.1) is 310 Å². The maximum Gasteiger partial charge on any atom is 1.00 e. The molecule has 0 radical (unpaired) electrons. The largest absolute Gasteiger partial charge is 1.00 e. The zero-order valence-corrected chi connectivity index (χ0v) is 130. The first-order valence-corrected chi connectivity index (χ1v) is 0. The van der Waals surface area contributed by atoms with Gasteiger partial charge in [0.2, 0.25) is 0 Å². The SMILES string of the molecule is Cl.Cl.Cl.Cl.Cl.Cl.Cl.Cl.Cl.Cl.Cl.Cl.Cl.Cl.Cl.Cl.Cl.Cl.Cl.Cl.Cl.Cl.Cl.Cl.Cl.[Li+].[Li+].[Li+].[Li+].[Li+].[Li+].[Li+].[Li+].[Li+].[Li+].[Li+].[Li+].[Li+].[Li+].[Li+].[Li+].[Li+].[Li+].[Li+].[Li+].[Li+].[Li+].[Li+].[Li+].[Li+].[Li+].[Li+].[Li+].[Li+].[Li+].[Li+].[Li+].[Li+].[Li+].[Li+].[Li+].[Li+].[Li+].[Li+].[Li+].[Li+].[Li+].[Li+].[Li+].[Li+].[Li+].[Li+].[Li+].[Li+].[Li+].[Li+].[Li+].[Li+].[Li+].[Li+].[Li+].[Li+].[Li+].[Li+].[Li+].[Li+].[Li+].[Li+].[Li+].[Li+].[Li+].[Li+].[Li+].[Li+].[Li+].[Li+].[Li+].[Li+].[Li+].[Li+].[Li+].[Li+].[Li+].[Li+].[Li+].[Li+].[Li+].[Li+].[Li+].[Li+].[Li+].[Li+].[Li+].[Li+].[Li+].[Li+].[Li+].[Li+].[Li+].[Li+].[Li+].[Li+].[Li+].[Li+]. The average molecular weight is 1600 g/mol. The molecule has 124 heteroatoms. The molecule has 0 heterocycles. The average Bonchev–Trinajstić information content (AvgIpc) is 0. The fourth-order valence-corrected chi connectivity index (χ4v) is 0. The minimum absolute atomic E-state index is 0. The first kappa shape index (κ1) is 1550. The van der Waals surface area contributed by atoms with Gasteiger partial charge >= 0.3 is 1870 Å². The van der Waals surface area contributed by atoms with Crippen LogP contribution in [0.2, 0.25) is 0 Å². The Balaban J connectivity index is 0. The molecule has 0 amide bonds. The summed E-state index contributed by atoms with van der Waals surface area (Å²) in [5, 5.41) is 0. The van der Waals surface area contributed by atoms with Crippen molar-refractivity contribution in [3.8, 4) is 0 Å². The van der Waals surface area contributed by atoms with E-state index in [4.69, 9.17) is 0 Å². The summed E-state index contributed by atoms with van der Waals surface area (Å²) in [6.45, 7) is 0. The van der Waals surface area contributed by atoms with E-state index in [-0.39, 0.29) is 2180 Å². The third-order valence-corrected chi connectivity index (χ3v) is 0. The Kier molecular flexibility index (Phi) is 19100. The normalized spacial score (nSPS) is 0. The molecule has 0 rings (SSSR count). The van der Waals surface area contributed by atoms with Crippen LogP contribution in [0.5, 0.6) is 0 Å². The van der Waals surface area contributed by atoms with Crippen LogP contribution in [-0.4, -0.2) is 0 Å². The second kappa shape index (κ2) is 1520. The van der Waals surface area contributed by atoms with E-state index in [0.29, 0.717) is 0 Å². The van der Waals surface area contributed by atoms with Crippen LogP contribution >= 0.6 is 310 Å². The molecule has 0 bridgehead atoms. The molecule has 0 nitrogen and oxygen atoms in total. The molecule has 124 heavy (non-hydrogen) atoms. The summed E-state index contributed by atoms with van der Waals surface area (Å²) in [5.74, 6) is 0. The Morgan fingerprint density at radius 3 is 0.0161 bits per heavy atom. The zero-order valence-electron chi connectivity index (χ0n) is 109. The van der Waals surface area contributed by atoms with Crippen LogP contribution < -0.4 is 1870 Å². The summed E-state index contributed by atoms with van der Waals surface area (Å²) >= 11 is 0. The van der Waals surface area contributed by atoms with E-state index in [1.54, 1.807) is 0 Å². The molecule has 0 aromatic rings. The van der Waals surface area contributed by atoms with E-state index >= 15 is 0 Å². The molecule has 0 N–H and O–H groups in total. The molecule has 0 atom stereocenters. The van der Waals surface area contributed by atoms with Crippen molar-refractivity contribution in [1.29, 1.82) is 0 Å². The van der Waals surface area contributed by atoms with Crippen molar-refractivity contribution in [3.63, 3.8) is 0 Å². The van der Waals surface area contributed by atoms with Crippen LogP contribution in [0.4, 0.5) is 0 Å². The Morgan fingerprint density at radius 2 is 0.0161 bits per heavy atom. The van der Waals surface area contributed by atoms with Crippen LogP contribution in [0, 0.1) is 0 Å². The minimum atomic E-state index is 0. The van der Waals surface area contributed by atoms with E-state index < -0.39 is 0 Å². The molecule has 200 valence electrons. The Labute approximate surface area is 2120 Å². The van der Waals surface area contributed by atoms with Crippen molar-refractivity contribution >= 4 is 310 Å². The monoisotopic (exact) mass is 1590 g/mol. The van der Waals surface area contributed by atoms with E-state index in [2.05, 4.69) is 0 Å². The number of hydrogen-bond donors (Lipinski definition) is 0. The summed E-state index contributed by atoms with van der Waals surface area (Å²) in [4.78, 5) is 0. The zero-order chi connectivity index (χ0) is 0. The second-order valence-electron chi connectivity index (χ2n) is 0. The van der Waals surface area contributed by atoms with E-state index in [1.165, 1.54) is 0 Å². The molecule has 0 aliphatic carbocycles. The van der Waals surface area contributed by atoms with E-state index in [0.717, 1.165) is 0 Å². The van der Waals surface area contributed by atoms with Crippen molar-refractivity contribution in [2.75, 3.05) is 0 Å². The summed E-state index contributed by atoms with van der Waals surface area (Å²) in [6.07, 6.45) is 0. The summed E-state index contributed by atoms with van der Waals surface area (Å²) in [7, 11) is 0. The summed E-state index contributed by atoms with van der Waals surface area (Å²) in [6, 6.07) is 0. The van der Waals surface area contributed by atoms with Gasteiger partial charge in [0.15, 0.2) is 0 Å². The van der Waals surface area contributed by atoms with Crippen LogP contribution in [-0.2, 0) is 0 Å². The van der Waals surface area contributed by atoms with Gasteiger partial charge in [0, 0.05) is 0 Å². The Bertz CT molecular complexity index is 89.9. The summed E-state index contributed by atoms with van der Waals surface area (Å²) in [5.41, 5.74) is 0. The second-order valence-corrected chi connectivity index (χ2v) is 0. The maximum atomic E-state index is 0. The Hall–Kier alpha value is 66.4. The molecular weight excluding hydrogens is 1570 g/mol. The van der Waals surface area contributed by atoms with Crippen LogP contribution in [0.15, 0.2) is 0 Å². The number of halogens is 25. The molecule has 0 aliphatic heterocycles. The number of hydrogen-bond acceptors (Lipinski definition) is 0. The first-order valence-electron chi connectivity index (χ1n) is 0. The quantitative estimate of drug-likeness (QED) is 0.212. The van der Waals surface area contributed by atoms with E-state index in [9.17, 15) is 0 Å². The smallest absolute Gasteiger partial charge is 0.147 e. The number of rotatable bonds is 0. The van der Waals surface area contributed by atoms with Gasteiger partial charge in [-0.05, 0) is 0 Å². The van der Waals surface area contributed by atoms with Gasteiger partial charge in [0.25, 0.3) is 0 Å². The van der Waals surface area contributed by atoms with Gasteiger partial charge in [-0.25, -0.2) is 0 Å². The maximum absolute atomic E-state index is 0. The van der Waals surface area contributed by atoms with Gasteiger partial charge in [0.05, 0.1) is 0 Å². The Morgan fingerprint density at radius 1 is 0.0161 bits per heavy atom. The van der Waals surface area contributed by atoms with Crippen molar-refractivity contribution in [2.45, 2.75) is 0 Å². The molecule has 0 unspecified atom stereocenters. The predicted molar refractivity (Wildman–Crippen MR) is 181 cm³/mol. The fourth-order valence-electron chi connectivity index (χ4n) is 0. The van der Waals surface area contributed by atoms with E-state index in [1.807, 2.05) is 0 Å². The van der Waals surface area contributed by atoms with Crippen LogP contribution in [0.25, 0.3) is 0 Å². The van der Waals surface area contributed by atoms with Crippen molar-refractivity contribution in [2.24, 2.45) is 0 Å². The molecule has 0 saturated carbocycles.